The number of nitrogens with zero attached hydrogens (tertiary/aromatic N) is 2. The third kappa shape index (κ3) is 2.52. The first kappa shape index (κ1) is 12.5. The Morgan fingerprint density at radius 1 is 1.44 bits per heavy atom. The normalized spacial score (nSPS) is 14.7. The summed E-state index contributed by atoms with van der Waals surface area (Å²) in [5.74, 6) is -1.34. The van der Waals surface area contributed by atoms with Crippen molar-refractivity contribution in [2.45, 2.75) is 39.0 Å². The molecule has 0 saturated carbocycles. The number of carbonyl (C=O) groups is 1. The molecule has 90 valence electrons. The summed E-state index contributed by atoms with van der Waals surface area (Å²) in [6.07, 6.45) is 3.89. The van der Waals surface area contributed by atoms with Gasteiger partial charge in [0, 0.05) is 18.9 Å². The molecule has 6 heteroatoms. The Balaban J connectivity index is 2.91. The number of hydrogen-bond donors (Lipinski definition) is 2. The van der Waals surface area contributed by atoms with E-state index in [4.69, 9.17) is 5.11 Å². The van der Waals surface area contributed by atoms with Crippen LogP contribution in [0.5, 0.6) is 0 Å². The Labute approximate surface area is 92.7 Å². The zero-order chi connectivity index (χ0) is 12.3. The average molecular weight is 228 g/mol. The van der Waals surface area contributed by atoms with Gasteiger partial charge in [0.25, 0.3) is 0 Å². The van der Waals surface area contributed by atoms with Crippen molar-refractivity contribution in [3.63, 3.8) is 0 Å². The zero-order valence-electron chi connectivity index (χ0n) is 9.38. The lowest BCUT2D eigenvalue weighted by Gasteiger charge is -2.17. The van der Waals surface area contributed by atoms with Gasteiger partial charge in [0.1, 0.15) is 0 Å². The van der Waals surface area contributed by atoms with Gasteiger partial charge in [-0.2, -0.15) is 0 Å². The van der Waals surface area contributed by atoms with Gasteiger partial charge < -0.3 is 10.2 Å². The molecule has 1 atom stereocenters. The monoisotopic (exact) mass is 228 g/mol. The Morgan fingerprint density at radius 2 is 2.00 bits per heavy atom. The molecule has 0 aliphatic carbocycles. The molecule has 1 rings (SSSR count). The number of aliphatic hydroxyl groups is 1. The minimum atomic E-state index is -1.93. The maximum Gasteiger partial charge on any atom is 0.337 e. The SMILES string of the molecule is CCCn1ccn(CC(C)(O)C(=O)O)c1=O. The van der Waals surface area contributed by atoms with Gasteiger partial charge in [-0.15, -0.1) is 0 Å². The molecule has 0 spiro atoms. The number of imidazole rings is 1. The summed E-state index contributed by atoms with van der Waals surface area (Å²) in [7, 11) is 0. The molecule has 1 unspecified atom stereocenters. The second-order valence-corrected chi connectivity index (χ2v) is 3.98. The van der Waals surface area contributed by atoms with E-state index < -0.39 is 11.6 Å². The maximum atomic E-state index is 11.7. The molecule has 0 radical (unpaired) electrons. The van der Waals surface area contributed by atoms with Crippen molar-refractivity contribution < 1.29 is 15.0 Å². The highest BCUT2D eigenvalue weighted by Crippen LogP contribution is 2.06. The maximum absolute atomic E-state index is 11.7. The fourth-order valence-corrected chi connectivity index (χ4v) is 1.38. The van der Waals surface area contributed by atoms with Crippen LogP contribution in [0, 0.1) is 0 Å². The fourth-order valence-electron chi connectivity index (χ4n) is 1.38. The number of carboxylic acid groups (broad SMARTS) is 1. The summed E-state index contributed by atoms with van der Waals surface area (Å²) in [5.41, 5.74) is -2.23. The molecule has 1 heterocycles. The molecule has 1 aromatic rings. The molecule has 2 N–H and O–H groups in total. The topological polar surface area (TPSA) is 84.5 Å². The highest BCUT2D eigenvalue weighted by atomic mass is 16.4. The average Bonchev–Trinajstić information content (AvgIpc) is 2.50. The fraction of sp³-hybridized carbons (Fsp3) is 0.600. The van der Waals surface area contributed by atoms with Crippen LogP contribution in [0.1, 0.15) is 20.3 Å². The number of aliphatic carboxylic acids is 1. The molecule has 16 heavy (non-hydrogen) atoms. The van der Waals surface area contributed by atoms with E-state index in [0.717, 1.165) is 6.42 Å². The molecular weight excluding hydrogens is 212 g/mol. The van der Waals surface area contributed by atoms with Crippen LogP contribution in [0.3, 0.4) is 0 Å². The number of carboxylic acids is 1. The highest BCUT2D eigenvalue weighted by molar-refractivity contribution is 5.76. The van der Waals surface area contributed by atoms with Crippen molar-refractivity contribution in [3.05, 3.63) is 22.9 Å². The Hall–Kier alpha value is -1.56. The standard InChI is InChI=1S/C10H16N2O4/c1-3-4-11-5-6-12(9(11)15)7-10(2,16)8(13)14/h5-6,16H,3-4,7H2,1-2H3,(H,13,14). The van der Waals surface area contributed by atoms with Crippen molar-refractivity contribution in [3.8, 4) is 0 Å². The van der Waals surface area contributed by atoms with Crippen molar-refractivity contribution >= 4 is 5.97 Å². The molecule has 0 saturated heterocycles. The molecule has 0 amide bonds. The lowest BCUT2D eigenvalue weighted by molar-refractivity contribution is -0.157. The molecule has 1 aromatic heterocycles. The van der Waals surface area contributed by atoms with Gasteiger partial charge in [0.2, 0.25) is 0 Å². The van der Waals surface area contributed by atoms with Crippen LogP contribution >= 0.6 is 0 Å². The van der Waals surface area contributed by atoms with Crippen LogP contribution in [0.25, 0.3) is 0 Å². The first-order valence-corrected chi connectivity index (χ1v) is 5.10. The smallest absolute Gasteiger partial charge is 0.337 e. The molecule has 0 fully saturated rings. The summed E-state index contributed by atoms with van der Waals surface area (Å²) >= 11 is 0. The first-order chi connectivity index (χ1) is 7.38. The van der Waals surface area contributed by atoms with E-state index in [1.54, 1.807) is 6.20 Å². The quantitative estimate of drug-likeness (QED) is 0.736. The second kappa shape index (κ2) is 4.52. The van der Waals surface area contributed by atoms with Gasteiger partial charge >= 0.3 is 11.7 Å². The molecule has 0 aliphatic heterocycles. The number of aromatic nitrogens is 2. The van der Waals surface area contributed by atoms with Crippen LogP contribution in [-0.4, -0.2) is 30.9 Å². The summed E-state index contributed by atoms with van der Waals surface area (Å²) in [6.45, 7) is 3.44. The molecule has 0 aliphatic rings. The van der Waals surface area contributed by atoms with Crippen molar-refractivity contribution in [2.24, 2.45) is 0 Å². The minimum Gasteiger partial charge on any atom is -0.479 e. The van der Waals surface area contributed by atoms with Gasteiger partial charge in [-0.1, -0.05) is 6.92 Å². The summed E-state index contributed by atoms with van der Waals surface area (Å²) in [5, 5.41) is 18.3. The van der Waals surface area contributed by atoms with Crippen molar-refractivity contribution in [1.82, 2.24) is 9.13 Å². The summed E-state index contributed by atoms with van der Waals surface area (Å²) in [6, 6.07) is 0. The first-order valence-electron chi connectivity index (χ1n) is 5.10. The third-order valence-corrected chi connectivity index (χ3v) is 2.32. The number of rotatable bonds is 5. The van der Waals surface area contributed by atoms with E-state index in [1.807, 2.05) is 6.92 Å². The highest BCUT2D eigenvalue weighted by Gasteiger charge is 2.31. The Morgan fingerprint density at radius 3 is 2.50 bits per heavy atom. The van der Waals surface area contributed by atoms with Gasteiger partial charge in [-0.25, -0.2) is 9.59 Å². The van der Waals surface area contributed by atoms with Gasteiger partial charge in [0.15, 0.2) is 5.60 Å². The van der Waals surface area contributed by atoms with Crippen LogP contribution in [0.15, 0.2) is 17.2 Å². The molecular formula is C10H16N2O4. The zero-order valence-corrected chi connectivity index (χ0v) is 9.38. The summed E-state index contributed by atoms with van der Waals surface area (Å²) < 4.78 is 2.68. The number of aryl methyl sites for hydroxylation is 1. The Kier molecular flexibility index (Phi) is 3.54. The Bertz CT molecular complexity index is 430. The molecule has 6 nitrogen and oxygen atoms in total. The van der Waals surface area contributed by atoms with E-state index in [-0.39, 0.29) is 12.2 Å². The van der Waals surface area contributed by atoms with Crippen LogP contribution < -0.4 is 5.69 Å². The van der Waals surface area contributed by atoms with E-state index in [1.165, 1.54) is 22.3 Å². The van der Waals surface area contributed by atoms with E-state index in [2.05, 4.69) is 0 Å². The largest absolute Gasteiger partial charge is 0.479 e. The van der Waals surface area contributed by atoms with Gasteiger partial charge in [-0.3, -0.25) is 9.13 Å². The lowest BCUT2D eigenvalue weighted by atomic mass is 10.1. The van der Waals surface area contributed by atoms with E-state index in [9.17, 15) is 14.7 Å². The van der Waals surface area contributed by atoms with Crippen molar-refractivity contribution in [1.29, 1.82) is 0 Å². The van der Waals surface area contributed by atoms with E-state index in [0.29, 0.717) is 6.54 Å². The van der Waals surface area contributed by atoms with Crippen LogP contribution in [-0.2, 0) is 17.9 Å². The second-order valence-electron chi connectivity index (χ2n) is 3.98. The number of hydrogen-bond acceptors (Lipinski definition) is 3. The lowest BCUT2D eigenvalue weighted by Crippen LogP contribution is -2.42. The molecule has 0 aromatic carbocycles. The summed E-state index contributed by atoms with van der Waals surface area (Å²) in [4.78, 5) is 22.4. The van der Waals surface area contributed by atoms with Crippen LogP contribution in [0.2, 0.25) is 0 Å². The van der Waals surface area contributed by atoms with Gasteiger partial charge in [0.05, 0.1) is 6.54 Å². The third-order valence-electron chi connectivity index (χ3n) is 2.32. The van der Waals surface area contributed by atoms with Crippen molar-refractivity contribution in [2.75, 3.05) is 0 Å². The van der Waals surface area contributed by atoms with Gasteiger partial charge in [-0.05, 0) is 13.3 Å². The predicted molar refractivity (Wildman–Crippen MR) is 57.2 cm³/mol. The predicted octanol–water partition coefficient (Wildman–Crippen LogP) is -0.105. The molecule has 0 bridgehead atoms. The van der Waals surface area contributed by atoms with Crippen LogP contribution in [0.4, 0.5) is 0 Å². The minimum absolute atomic E-state index is 0.252. The van der Waals surface area contributed by atoms with E-state index >= 15 is 0 Å².